The van der Waals surface area contributed by atoms with Gasteiger partial charge in [-0.05, 0) is 31.2 Å². The Morgan fingerprint density at radius 3 is 2.42 bits per heavy atom. The largest absolute Gasteiger partial charge is 0.324 e. The van der Waals surface area contributed by atoms with E-state index in [4.69, 9.17) is 5.73 Å². The Bertz CT molecular complexity index is 700. The van der Waals surface area contributed by atoms with Crippen molar-refractivity contribution in [1.29, 1.82) is 0 Å². The predicted molar refractivity (Wildman–Crippen MR) is 71.6 cm³/mol. The number of nitrogens with two attached hydrogens (primary N) is 1. The van der Waals surface area contributed by atoms with Crippen molar-refractivity contribution >= 4 is 15.8 Å². The first-order valence-corrected chi connectivity index (χ1v) is 7.13. The lowest BCUT2D eigenvalue weighted by molar-refractivity contribution is 0.0996. The molecule has 0 aliphatic rings. The highest BCUT2D eigenvalue weighted by Crippen LogP contribution is 2.17. The van der Waals surface area contributed by atoms with Crippen LogP contribution in [0.1, 0.15) is 16.1 Å². The van der Waals surface area contributed by atoms with E-state index in [1.807, 2.05) is 6.92 Å². The Morgan fingerprint density at radius 2 is 1.84 bits per heavy atom. The first-order chi connectivity index (χ1) is 8.96. The molecular formula is C13H14N2O3S. The summed E-state index contributed by atoms with van der Waals surface area (Å²) in [6.07, 6.45) is 1.35. The predicted octanol–water partition coefficient (Wildman–Crippen LogP) is 1.17. The lowest BCUT2D eigenvalue weighted by Gasteiger charge is -2.09. The molecule has 0 aliphatic carbocycles. The van der Waals surface area contributed by atoms with Crippen molar-refractivity contribution in [3.63, 3.8) is 0 Å². The monoisotopic (exact) mass is 278 g/mol. The lowest BCUT2D eigenvalue weighted by Crippen LogP contribution is -2.22. The van der Waals surface area contributed by atoms with E-state index in [1.54, 1.807) is 12.1 Å². The molecule has 0 amide bonds. The molecule has 5 nitrogen and oxygen atoms in total. The molecule has 0 fully saturated rings. The van der Waals surface area contributed by atoms with Gasteiger partial charge < -0.3 is 5.73 Å². The zero-order chi connectivity index (χ0) is 14.0. The van der Waals surface area contributed by atoms with E-state index in [2.05, 4.69) is 0 Å². The van der Waals surface area contributed by atoms with Gasteiger partial charge in [-0.2, -0.15) is 0 Å². The van der Waals surface area contributed by atoms with Gasteiger partial charge in [0.15, 0.2) is 5.78 Å². The molecule has 0 unspecified atom stereocenters. The number of hydrogen-bond acceptors (Lipinski definition) is 4. The number of Topliss-reactive ketones (excluding diaryl/α,β-unsaturated/α-hetero) is 1. The summed E-state index contributed by atoms with van der Waals surface area (Å²) in [5.74, 6) is -0.416. The highest BCUT2D eigenvalue weighted by Gasteiger charge is 2.21. The highest BCUT2D eigenvalue weighted by molar-refractivity contribution is 7.90. The van der Waals surface area contributed by atoms with Gasteiger partial charge >= 0.3 is 0 Å². The molecule has 0 saturated carbocycles. The molecule has 0 saturated heterocycles. The highest BCUT2D eigenvalue weighted by atomic mass is 32.2. The van der Waals surface area contributed by atoms with Gasteiger partial charge in [-0.3, -0.25) is 4.79 Å². The molecule has 0 aliphatic heterocycles. The summed E-state index contributed by atoms with van der Waals surface area (Å²) in [6.45, 7) is 1.64. The fourth-order valence-corrected chi connectivity index (χ4v) is 3.08. The molecule has 2 N–H and O–H groups in total. The molecule has 2 rings (SSSR count). The van der Waals surface area contributed by atoms with Crippen molar-refractivity contribution in [3.8, 4) is 0 Å². The Morgan fingerprint density at radius 1 is 1.21 bits per heavy atom. The van der Waals surface area contributed by atoms with Crippen molar-refractivity contribution in [2.75, 3.05) is 6.54 Å². The molecule has 100 valence electrons. The molecule has 1 aromatic carbocycles. The van der Waals surface area contributed by atoms with E-state index >= 15 is 0 Å². The lowest BCUT2D eigenvalue weighted by atomic mass is 10.2. The van der Waals surface area contributed by atoms with Crippen molar-refractivity contribution < 1.29 is 13.2 Å². The van der Waals surface area contributed by atoms with Crippen LogP contribution in [-0.2, 0) is 10.0 Å². The second-order valence-corrected chi connectivity index (χ2v) is 5.95. The molecule has 0 radical (unpaired) electrons. The summed E-state index contributed by atoms with van der Waals surface area (Å²) in [5.41, 5.74) is 6.31. The minimum Gasteiger partial charge on any atom is -0.324 e. The third-order valence-corrected chi connectivity index (χ3v) is 4.47. The summed E-state index contributed by atoms with van der Waals surface area (Å²) < 4.78 is 25.8. The fourth-order valence-electron chi connectivity index (χ4n) is 1.72. The Hall–Kier alpha value is -1.92. The SMILES string of the molecule is Cc1ccc(S(=O)(=O)n2cccc2C(=O)CN)cc1. The van der Waals surface area contributed by atoms with Crippen LogP contribution >= 0.6 is 0 Å². The Labute approximate surface area is 111 Å². The zero-order valence-corrected chi connectivity index (χ0v) is 11.2. The molecular weight excluding hydrogens is 264 g/mol. The van der Waals surface area contributed by atoms with Gasteiger partial charge in [-0.25, -0.2) is 12.4 Å². The quantitative estimate of drug-likeness (QED) is 0.851. The van der Waals surface area contributed by atoms with Gasteiger partial charge in [-0.1, -0.05) is 17.7 Å². The number of hydrogen-bond donors (Lipinski definition) is 1. The summed E-state index contributed by atoms with van der Waals surface area (Å²) in [7, 11) is -3.76. The third kappa shape index (κ3) is 2.45. The minimum atomic E-state index is -3.76. The molecule has 1 heterocycles. The molecule has 0 bridgehead atoms. The maximum absolute atomic E-state index is 12.4. The van der Waals surface area contributed by atoms with Crippen molar-refractivity contribution in [2.24, 2.45) is 5.73 Å². The van der Waals surface area contributed by atoms with Gasteiger partial charge in [-0.15, -0.1) is 0 Å². The van der Waals surface area contributed by atoms with Crippen molar-refractivity contribution in [2.45, 2.75) is 11.8 Å². The normalized spacial score (nSPS) is 11.5. The zero-order valence-electron chi connectivity index (χ0n) is 10.4. The number of nitrogens with zero attached hydrogens (tertiary/aromatic N) is 1. The first-order valence-electron chi connectivity index (χ1n) is 5.69. The Kier molecular flexibility index (Phi) is 3.55. The first kappa shape index (κ1) is 13.5. The number of benzene rings is 1. The number of carbonyl (C=O) groups is 1. The Balaban J connectivity index is 2.54. The van der Waals surface area contributed by atoms with Crippen LogP contribution < -0.4 is 5.73 Å². The third-order valence-electron chi connectivity index (χ3n) is 2.76. The number of carbonyl (C=O) groups excluding carboxylic acids is 1. The van der Waals surface area contributed by atoms with E-state index in [-0.39, 0.29) is 17.1 Å². The van der Waals surface area contributed by atoms with Crippen molar-refractivity contribution in [1.82, 2.24) is 3.97 Å². The van der Waals surface area contributed by atoms with Crippen LogP contribution in [-0.4, -0.2) is 24.7 Å². The number of aromatic nitrogens is 1. The smallest absolute Gasteiger partial charge is 0.268 e. The van der Waals surface area contributed by atoms with Gasteiger partial charge in [0, 0.05) is 6.20 Å². The van der Waals surface area contributed by atoms with E-state index in [9.17, 15) is 13.2 Å². The standard InChI is InChI=1S/C13H14N2O3S/c1-10-4-6-11(7-5-10)19(17,18)15-8-2-3-12(15)13(16)9-14/h2-8H,9,14H2,1H3. The van der Waals surface area contributed by atoms with Crippen molar-refractivity contribution in [3.05, 3.63) is 53.9 Å². The van der Waals surface area contributed by atoms with Gasteiger partial charge in [0.25, 0.3) is 10.0 Å². The van der Waals surface area contributed by atoms with Crippen LogP contribution in [0.4, 0.5) is 0 Å². The maximum atomic E-state index is 12.4. The van der Waals surface area contributed by atoms with Gasteiger partial charge in [0.1, 0.15) is 5.69 Å². The molecule has 0 atom stereocenters. The maximum Gasteiger partial charge on any atom is 0.268 e. The topological polar surface area (TPSA) is 82.2 Å². The van der Waals surface area contributed by atoms with E-state index in [0.717, 1.165) is 9.54 Å². The van der Waals surface area contributed by atoms with Crippen LogP contribution in [0.15, 0.2) is 47.5 Å². The van der Waals surface area contributed by atoms with E-state index in [0.29, 0.717) is 0 Å². The van der Waals surface area contributed by atoms with Crippen LogP contribution in [0, 0.1) is 6.92 Å². The van der Waals surface area contributed by atoms with Crippen LogP contribution in [0.5, 0.6) is 0 Å². The van der Waals surface area contributed by atoms with E-state index < -0.39 is 15.8 Å². The fraction of sp³-hybridized carbons (Fsp3) is 0.154. The second kappa shape index (κ2) is 4.99. The van der Waals surface area contributed by atoms with Crippen LogP contribution in [0.25, 0.3) is 0 Å². The summed E-state index contributed by atoms with van der Waals surface area (Å²) >= 11 is 0. The van der Waals surface area contributed by atoms with Crippen LogP contribution in [0.3, 0.4) is 0 Å². The minimum absolute atomic E-state index is 0.0723. The van der Waals surface area contributed by atoms with Crippen LogP contribution in [0.2, 0.25) is 0 Å². The average molecular weight is 278 g/mol. The summed E-state index contributed by atoms with van der Waals surface area (Å²) in [5, 5.41) is 0. The summed E-state index contributed by atoms with van der Waals surface area (Å²) in [6, 6.07) is 9.40. The number of rotatable bonds is 4. The molecule has 2 aromatic rings. The summed E-state index contributed by atoms with van der Waals surface area (Å²) in [4.78, 5) is 11.8. The molecule has 6 heteroatoms. The number of ketones is 1. The second-order valence-electron chi connectivity index (χ2n) is 4.13. The average Bonchev–Trinajstić information content (AvgIpc) is 2.88. The van der Waals surface area contributed by atoms with E-state index in [1.165, 1.54) is 30.5 Å². The van der Waals surface area contributed by atoms with Gasteiger partial charge in [0.2, 0.25) is 0 Å². The van der Waals surface area contributed by atoms with Gasteiger partial charge in [0.05, 0.1) is 11.4 Å². The number of aryl methyl sites for hydroxylation is 1. The molecule has 0 spiro atoms. The molecule has 1 aromatic heterocycles. The molecule has 19 heavy (non-hydrogen) atoms.